The van der Waals surface area contributed by atoms with Gasteiger partial charge in [-0.1, -0.05) is 18.2 Å². The number of thioether (sulfide) groups is 1. The summed E-state index contributed by atoms with van der Waals surface area (Å²) >= 11 is -0.494. The smallest absolute Gasteiger partial charge is 0.266 e. The monoisotopic (exact) mass is 442 g/mol. The van der Waals surface area contributed by atoms with Crippen LogP contribution in [0.3, 0.4) is 0 Å². The number of hydrogen-bond acceptors (Lipinski definition) is 4. The van der Waals surface area contributed by atoms with Crippen molar-refractivity contribution < 1.29 is 13.5 Å². The molecule has 7 heteroatoms. The van der Waals surface area contributed by atoms with Crippen LogP contribution in [0.4, 0.5) is 11.4 Å². The summed E-state index contributed by atoms with van der Waals surface area (Å²) in [6.07, 6.45) is 2.06. The van der Waals surface area contributed by atoms with E-state index < -0.39 is 11.3 Å². The van der Waals surface area contributed by atoms with E-state index >= 15 is 0 Å². The van der Waals surface area contributed by atoms with Crippen LogP contribution in [0.25, 0.3) is 0 Å². The van der Waals surface area contributed by atoms with E-state index in [2.05, 4.69) is 19.2 Å². The van der Waals surface area contributed by atoms with E-state index in [0.29, 0.717) is 17.9 Å². The second-order valence-corrected chi connectivity index (χ2v) is 8.80. The van der Waals surface area contributed by atoms with E-state index in [1.54, 1.807) is 30.0 Å². The molecule has 5 nitrogen and oxygen atoms in total. The molecule has 0 aromatic heterocycles. The van der Waals surface area contributed by atoms with Crippen molar-refractivity contribution in [2.75, 3.05) is 24.7 Å². The zero-order valence-corrected chi connectivity index (χ0v) is 19.2. The number of nitrogens with zero attached hydrogens (tertiary/aromatic N) is 2. The Bertz CT molecular complexity index is 1030. The third-order valence-corrected chi connectivity index (χ3v) is 6.14. The van der Waals surface area contributed by atoms with Gasteiger partial charge in [-0.25, -0.2) is 8.51 Å². The highest BCUT2D eigenvalue weighted by Crippen LogP contribution is 2.34. The Labute approximate surface area is 185 Å². The number of anilines is 2. The van der Waals surface area contributed by atoms with Gasteiger partial charge >= 0.3 is 0 Å². The van der Waals surface area contributed by atoms with Gasteiger partial charge in [-0.2, -0.15) is 0 Å². The van der Waals surface area contributed by atoms with Gasteiger partial charge in [0.25, 0.3) is 11.3 Å². The van der Waals surface area contributed by atoms with Gasteiger partial charge in [-0.3, -0.25) is 4.55 Å². The summed E-state index contributed by atoms with van der Waals surface area (Å²) in [6.45, 7) is 2.70. The maximum atomic E-state index is 12.1. The third kappa shape index (κ3) is 5.43. The molecule has 1 N–H and O–H groups in total. The molecule has 0 amide bonds. The molecule has 1 unspecified atom stereocenters. The summed E-state index contributed by atoms with van der Waals surface area (Å²) in [5, 5.41) is 0. The second kappa shape index (κ2) is 10.1. The summed E-state index contributed by atoms with van der Waals surface area (Å²) in [6, 6.07) is 20.8. The minimum absolute atomic E-state index is 0.625. The topological polar surface area (TPSA) is 53.0 Å². The Morgan fingerprint density at radius 3 is 2.33 bits per heavy atom. The SMILES string of the molecule is CSc1ccc(Oc2ccc(N(c3ccccc3)S(=O)O)cc2CN(C)C)cc1C. The molecule has 0 saturated carbocycles. The van der Waals surface area contributed by atoms with E-state index in [1.807, 2.05) is 61.5 Å². The molecule has 0 saturated heterocycles. The minimum Gasteiger partial charge on any atom is -0.457 e. The highest BCUT2D eigenvalue weighted by atomic mass is 32.2. The van der Waals surface area contributed by atoms with Gasteiger partial charge in [-0.15, -0.1) is 11.8 Å². The van der Waals surface area contributed by atoms with Gasteiger partial charge in [0.15, 0.2) is 0 Å². The lowest BCUT2D eigenvalue weighted by molar-refractivity contribution is 0.388. The van der Waals surface area contributed by atoms with Gasteiger partial charge < -0.3 is 9.64 Å². The predicted octanol–water partition coefficient (Wildman–Crippen LogP) is 5.85. The Balaban J connectivity index is 1.99. The highest BCUT2D eigenvalue weighted by Gasteiger charge is 2.18. The first-order valence-corrected chi connectivity index (χ1v) is 11.7. The quantitative estimate of drug-likeness (QED) is 0.350. The number of hydrogen-bond donors (Lipinski definition) is 1. The molecule has 0 aliphatic carbocycles. The van der Waals surface area contributed by atoms with Crippen molar-refractivity contribution in [2.24, 2.45) is 0 Å². The molecule has 0 fully saturated rings. The third-order valence-electron chi connectivity index (χ3n) is 4.51. The average Bonchev–Trinajstić information content (AvgIpc) is 2.70. The minimum atomic E-state index is -2.20. The van der Waals surface area contributed by atoms with Crippen molar-refractivity contribution in [1.29, 1.82) is 0 Å². The second-order valence-electron chi connectivity index (χ2n) is 7.12. The molecule has 3 aromatic carbocycles. The van der Waals surface area contributed by atoms with E-state index in [0.717, 1.165) is 22.6 Å². The van der Waals surface area contributed by atoms with Crippen LogP contribution in [-0.4, -0.2) is 34.0 Å². The molecule has 158 valence electrons. The van der Waals surface area contributed by atoms with Crippen LogP contribution in [0.5, 0.6) is 11.5 Å². The summed E-state index contributed by atoms with van der Waals surface area (Å²) in [5.41, 5.74) is 3.36. The predicted molar refractivity (Wildman–Crippen MR) is 126 cm³/mol. The maximum Gasteiger partial charge on any atom is 0.266 e. The summed E-state index contributed by atoms with van der Waals surface area (Å²) in [7, 11) is 3.96. The van der Waals surface area contributed by atoms with Crippen molar-refractivity contribution in [3.63, 3.8) is 0 Å². The van der Waals surface area contributed by atoms with Crippen molar-refractivity contribution >= 4 is 34.4 Å². The van der Waals surface area contributed by atoms with Crippen molar-refractivity contribution in [1.82, 2.24) is 4.90 Å². The van der Waals surface area contributed by atoms with E-state index in [4.69, 9.17) is 4.74 Å². The fourth-order valence-electron chi connectivity index (χ4n) is 3.19. The molecule has 30 heavy (non-hydrogen) atoms. The molecule has 0 aliphatic heterocycles. The summed E-state index contributed by atoms with van der Waals surface area (Å²) in [5.74, 6) is 1.49. The molecule has 3 rings (SSSR count). The maximum absolute atomic E-state index is 12.1. The number of benzene rings is 3. The van der Waals surface area contributed by atoms with Crippen molar-refractivity contribution in [2.45, 2.75) is 18.4 Å². The van der Waals surface area contributed by atoms with Gasteiger partial charge in [-0.05, 0) is 81.4 Å². The number of para-hydroxylation sites is 1. The van der Waals surface area contributed by atoms with Gasteiger partial charge in [0.1, 0.15) is 11.5 Å². The van der Waals surface area contributed by atoms with E-state index in [-0.39, 0.29) is 0 Å². The lowest BCUT2D eigenvalue weighted by Crippen LogP contribution is -2.20. The lowest BCUT2D eigenvalue weighted by atomic mass is 10.1. The first-order valence-electron chi connectivity index (χ1n) is 9.45. The molecule has 0 heterocycles. The Morgan fingerprint density at radius 2 is 1.73 bits per heavy atom. The zero-order valence-electron chi connectivity index (χ0n) is 17.5. The van der Waals surface area contributed by atoms with Crippen LogP contribution >= 0.6 is 11.8 Å². The van der Waals surface area contributed by atoms with Crippen LogP contribution in [0.1, 0.15) is 11.1 Å². The number of aryl methyl sites for hydroxylation is 1. The zero-order chi connectivity index (χ0) is 21.7. The van der Waals surface area contributed by atoms with Gasteiger partial charge in [0, 0.05) is 17.0 Å². The molecule has 0 aliphatic rings. The Hall–Kier alpha value is -2.32. The summed E-state index contributed by atoms with van der Waals surface area (Å²) < 4.78 is 29.6. The first kappa shape index (κ1) is 22.4. The Kier molecular flexibility index (Phi) is 7.55. The number of rotatable bonds is 8. The van der Waals surface area contributed by atoms with Crippen LogP contribution in [0.2, 0.25) is 0 Å². The van der Waals surface area contributed by atoms with Gasteiger partial charge in [0.2, 0.25) is 0 Å². The van der Waals surface area contributed by atoms with E-state index in [9.17, 15) is 8.76 Å². The van der Waals surface area contributed by atoms with Crippen LogP contribution < -0.4 is 9.04 Å². The fourth-order valence-corrected chi connectivity index (χ4v) is 4.37. The summed E-state index contributed by atoms with van der Waals surface area (Å²) in [4.78, 5) is 3.26. The molecule has 0 radical (unpaired) electrons. The Morgan fingerprint density at radius 1 is 1.00 bits per heavy atom. The fraction of sp³-hybridized carbons (Fsp3) is 0.217. The normalized spacial score (nSPS) is 12.1. The molecule has 0 bridgehead atoms. The van der Waals surface area contributed by atoms with E-state index in [1.165, 1.54) is 9.20 Å². The molecule has 0 spiro atoms. The average molecular weight is 443 g/mol. The molecule has 1 atom stereocenters. The first-order chi connectivity index (χ1) is 14.4. The molecular weight excluding hydrogens is 416 g/mol. The molecular formula is C23H26N2O3S2. The van der Waals surface area contributed by atoms with Crippen LogP contribution in [-0.2, 0) is 17.8 Å². The van der Waals surface area contributed by atoms with Crippen molar-refractivity contribution in [3.05, 3.63) is 77.9 Å². The van der Waals surface area contributed by atoms with Crippen molar-refractivity contribution in [3.8, 4) is 11.5 Å². The molecule has 3 aromatic rings. The van der Waals surface area contributed by atoms with Crippen LogP contribution in [0.15, 0.2) is 71.6 Å². The van der Waals surface area contributed by atoms with Gasteiger partial charge in [0.05, 0.1) is 11.4 Å². The standard InChI is InChI=1S/C23H26N2O3S2/c1-17-14-21(11-13-23(17)29-4)28-22-12-10-20(15-18(22)16-24(2)3)25(30(26)27)19-8-6-5-7-9-19/h5-15H,16H2,1-4H3,(H,26,27). The number of ether oxygens (including phenoxy) is 1. The lowest BCUT2D eigenvalue weighted by Gasteiger charge is -2.23. The highest BCUT2D eigenvalue weighted by molar-refractivity contribution is 7.98. The van der Waals surface area contributed by atoms with Crippen LogP contribution in [0, 0.1) is 6.92 Å². The largest absolute Gasteiger partial charge is 0.457 e.